The maximum absolute atomic E-state index is 14.6. The van der Waals surface area contributed by atoms with Gasteiger partial charge in [-0.15, -0.1) is 0 Å². The zero-order valence-electron chi connectivity index (χ0n) is 36.9. The van der Waals surface area contributed by atoms with Gasteiger partial charge in [0.05, 0.1) is 17.1 Å². The number of aryl methyl sites for hydroxylation is 4. The average Bonchev–Trinajstić information content (AvgIpc) is 3.38. The predicted octanol–water partition coefficient (Wildman–Crippen LogP) is 15.7. The van der Waals surface area contributed by atoms with E-state index in [4.69, 9.17) is 4.98 Å². The van der Waals surface area contributed by atoms with Gasteiger partial charge in [0.1, 0.15) is 23.3 Å². The number of hydrogen-bond donors (Lipinski definition) is 0. The minimum Gasteiger partial charge on any atom is -0.256 e. The highest BCUT2D eigenvalue weighted by Gasteiger charge is 2.17. The van der Waals surface area contributed by atoms with Crippen molar-refractivity contribution in [2.45, 2.75) is 25.7 Å². The molecule has 0 N–H and O–H groups in total. The predicted molar refractivity (Wildman–Crippen MR) is 265 cm³/mol. The largest absolute Gasteiger partial charge is 0.256 e. The fourth-order valence-corrected chi connectivity index (χ4v) is 8.76. The minimum atomic E-state index is -0.653. The first-order chi connectivity index (χ1) is 33.3. The number of benzene rings is 7. The Morgan fingerprint density at radius 2 is 0.735 bits per heavy atom. The van der Waals surface area contributed by atoms with Crippen LogP contribution in [0, 0.1) is 23.3 Å². The molecule has 3 heterocycles. The number of rotatable bonds is 13. The lowest BCUT2D eigenvalue weighted by atomic mass is 9.87. The van der Waals surface area contributed by atoms with E-state index in [2.05, 4.69) is 119 Å². The van der Waals surface area contributed by atoms with Crippen LogP contribution in [0.4, 0.5) is 17.6 Å². The van der Waals surface area contributed by atoms with Crippen LogP contribution in [-0.2, 0) is 25.7 Å². The topological polar surface area (TPSA) is 38.7 Å². The number of halogens is 4. The van der Waals surface area contributed by atoms with Gasteiger partial charge in [0.25, 0.3) is 0 Å². The molecule has 330 valence electrons. The SMILES string of the molecule is Fc1ccc(-c2ccc(CCc3cc(CCc4ccc(-c5ccc(F)cc5F)nc4)cc(-c4ccccc4-c4cnc(-c5ccccc5)cc4-c4ccc(-c5ccccc5)cc4)c3)cn2)c(F)c1. The smallest absolute Gasteiger partial charge is 0.135 e. The number of nitrogens with zero attached hydrogens (tertiary/aromatic N) is 3. The summed E-state index contributed by atoms with van der Waals surface area (Å²) in [5.41, 5.74) is 16.1. The van der Waals surface area contributed by atoms with Gasteiger partial charge >= 0.3 is 0 Å². The van der Waals surface area contributed by atoms with Crippen molar-refractivity contribution in [1.82, 2.24) is 15.0 Å². The van der Waals surface area contributed by atoms with Crippen LogP contribution < -0.4 is 0 Å². The van der Waals surface area contributed by atoms with Gasteiger partial charge in [-0.3, -0.25) is 15.0 Å². The fraction of sp³-hybridized carbons (Fsp3) is 0.0656. The average molecular weight is 894 g/mol. The Morgan fingerprint density at radius 3 is 1.26 bits per heavy atom. The van der Waals surface area contributed by atoms with Gasteiger partial charge < -0.3 is 0 Å². The Labute approximate surface area is 393 Å². The third kappa shape index (κ3) is 9.79. The summed E-state index contributed by atoms with van der Waals surface area (Å²) in [7, 11) is 0. The molecule has 0 unspecified atom stereocenters. The van der Waals surface area contributed by atoms with Crippen LogP contribution in [0.15, 0.2) is 213 Å². The van der Waals surface area contributed by atoms with Gasteiger partial charge in [0.2, 0.25) is 0 Å². The van der Waals surface area contributed by atoms with E-state index >= 15 is 0 Å². The number of pyridine rings is 3. The summed E-state index contributed by atoms with van der Waals surface area (Å²) in [5, 5.41) is 0. The lowest BCUT2D eigenvalue weighted by molar-refractivity contribution is 0.584. The maximum atomic E-state index is 14.6. The van der Waals surface area contributed by atoms with Gasteiger partial charge in [-0.1, -0.05) is 140 Å². The number of aromatic nitrogens is 3. The van der Waals surface area contributed by atoms with Gasteiger partial charge in [-0.25, -0.2) is 17.6 Å². The Morgan fingerprint density at radius 1 is 0.265 bits per heavy atom. The summed E-state index contributed by atoms with van der Waals surface area (Å²) in [6, 6.07) is 61.2. The zero-order valence-corrected chi connectivity index (χ0v) is 36.9. The first-order valence-corrected chi connectivity index (χ1v) is 22.6. The van der Waals surface area contributed by atoms with Crippen LogP contribution in [0.25, 0.3) is 78.3 Å². The second-order valence-electron chi connectivity index (χ2n) is 16.9. The molecule has 0 saturated heterocycles. The molecule has 0 saturated carbocycles. The van der Waals surface area contributed by atoms with Crippen LogP contribution in [0.1, 0.15) is 22.3 Å². The van der Waals surface area contributed by atoms with Crippen molar-refractivity contribution >= 4 is 0 Å². The molecular formula is C61H43F4N3. The summed E-state index contributed by atoms with van der Waals surface area (Å²) >= 11 is 0. The van der Waals surface area contributed by atoms with Gasteiger partial charge in [-0.2, -0.15) is 0 Å². The normalized spacial score (nSPS) is 11.2. The molecule has 0 aliphatic carbocycles. The molecule has 0 fully saturated rings. The van der Waals surface area contributed by atoms with Crippen LogP contribution >= 0.6 is 0 Å². The van der Waals surface area contributed by atoms with Gasteiger partial charge in [-0.05, 0) is 129 Å². The molecule has 68 heavy (non-hydrogen) atoms. The third-order valence-corrected chi connectivity index (χ3v) is 12.3. The first kappa shape index (κ1) is 43.6. The van der Waals surface area contributed by atoms with Gasteiger partial charge in [0, 0.05) is 53.0 Å². The molecule has 10 rings (SSSR count). The van der Waals surface area contributed by atoms with E-state index in [-0.39, 0.29) is 11.1 Å². The van der Waals surface area contributed by atoms with E-state index in [1.54, 1.807) is 24.5 Å². The van der Waals surface area contributed by atoms with Crippen molar-refractivity contribution in [1.29, 1.82) is 0 Å². The first-order valence-electron chi connectivity index (χ1n) is 22.6. The molecule has 0 radical (unpaired) electrons. The second kappa shape index (κ2) is 19.7. The number of hydrogen-bond acceptors (Lipinski definition) is 3. The Bertz CT molecular complexity index is 3240. The van der Waals surface area contributed by atoms with Crippen LogP contribution in [0.5, 0.6) is 0 Å². The Hall–Kier alpha value is -8.29. The molecular weight excluding hydrogens is 851 g/mol. The Kier molecular flexibility index (Phi) is 12.6. The van der Waals surface area contributed by atoms with Crippen LogP contribution in [0.3, 0.4) is 0 Å². The van der Waals surface area contributed by atoms with E-state index in [1.165, 1.54) is 24.3 Å². The van der Waals surface area contributed by atoms with Crippen molar-refractivity contribution in [2.75, 3.05) is 0 Å². The van der Waals surface area contributed by atoms with Crippen molar-refractivity contribution < 1.29 is 17.6 Å². The summed E-state index contributed by atoms with van der Waals surface area (Å²) in [4.78, 5) is 14.1. The van der Waals surface area contributed by atoms with Crippen molar-refractivity contribution in [3.05, 3.63) is 258 Å². The molecule has 7 heteroatoms. The van der Waals surface area contributed by atoms with Crippen molar-refractivity contribution in [2.24, 2.45) is 0 Å². The molecule has 0 bridgehead atoms. The van der Waals surface area contributed by atoms with E-state index in [0.717, 1.165) is 90.2 Å². The maximum Gasteiger partial charge on any atom is 0.135 e. The molecule has 0 aliphatic heterocycles. The molecule has 0 amide bonds. The van der Waals surface area contributed by atoms with E-state index in [1.807, 2.05) is 42.6 Å². The lowest BCUT2D eigenvalue weighted by Gasteiger charge is -2.18. The minimum absolute atomic E-state index is 0.249. The Balaban J connectivity index is 1.01. The fourth-order valence-electron chi connectivity index (χ4n) is 8.76. The van der Waals surface area contributed by atoms with Crippen molar-refractivity contribution in [3.63, 3.8) is 0 Å². The molecule has 0 spiro atoms. The summed E-state index contributed by atoms with van der Waals surface area (Å²) < 4.78 is 56.5. The standard InChI is InChI=1S/C61H43F4N3/c62-49-25-27-53(57(64)34-49)59-29-19-40(37-66-59)15-17-42-31-43(18-16-41-20-30-60(67-38-41)54-28-26-50(63)35-58(54)65)33-48(32-42)51-13-7-8-14-52(51)56-39-68-61(47-11-5-2-6-12-47)36-55(56)46-23-21-45(22-24-46)44-9-3-1-4-10-44/h1-14,19-39H,15-18H2. The molecule has 3 aromatic heterocycles. The molecule has 7 aromatic carbocycles. The summed E-state index contributed by atoms with van der Waals surface area (Å²) in [6.45, 7) is 0. The molecule has 10 aromatic rings. The second-order valence-corrected chi connectivity index (χ2v) is 16.9. The van der Waals surface area contributed by atoms with Crippen LogP contribution in [0.2, 0.25) is 0 Å². The molecule has 3 nitrogen and oxygen atoms in total. The third-order valence-electron chi connectivity index (χ3n) is 12.3. The summed E-state index contributed by atoms with van der Waals surface area (Å²) in [6.07, 6.45) is 8.29. The van der Waals surface area contributed by atoms with Crippen molar-refractivity contribution in [3.8, 4) is 78.3 Å². The van der Waals surface area contributed by atoms with E-state index < -0.39 is 23.3 Å². The quantitative estimate of drug-likeness (QED) is 0.108. The molecule has 0 aliphatic rings. The van der Waals surface area contributed by atoms with E-state index in [0.29, 0.717) is 37.1 Å². The van der Waals surface area contributed by atoms with Gasteiger partial charge in [0.15, 0.2) is 0 Å². The van der Waals surface area contributed by atoms with E-state index in [9.17, 15) is 17.6 Å². The lowest BCUT2D eigenvalue weighted by Crippen LogP contribution is -1.99. The highest BCUT2D eigenvalue weighted by molar-refractivity contribution is 5.93. The highest BCUT2D eigenvalue weighted by Crippen LogP contribution is 2.41. The zero-order chi connectivity index (χ0) is 46.4. The van der Waals surface area contributed by atoms with Crippen LogP contribution in [-0.4, -0.2) is 15.0 Å². The highest BCUT2D eigenvalue weighted by atomic mass is 19.1. The molecule has 0 atom stereocenters. The summed E-state index contributed by atoms with van der Waals surface area (Å²) in [5.74, 6) is -2.57. The monoisotopic (exact) mass is 893 g/mol.